The fourth-order valence-electron chi connectivity index (χ4n) is 0.894. The molecule has 17 heavy (non-hydrogen) atoms. The SMILES string of the molecule is C#CCN(CC(=O)O)C(=O)NCC(=O)N(C)C. The van der Waals surface area contributed by atoms with Gasteiger partial charge in [0.2, 0.25) is 5.91 Å². The van der Waals surface area contributed by atoms with Gasteiger partial charge in [-0.3, -0.25) is 9.59 Å². The van der Waals surface area contributed by atoms with Crippen molar-refractivity contribution in [2.24, 2.45) is 0 Å². The third kappa shape index (κ3) is 6.04. The van der Waals surface area contributed by atoms with E-state index in [1.54, 1.807) is 14.1 Å². The number of urea groups is 1. The fraction of sp³-hybridized carbons (Fsp3) is 0.500. The maximum atomic E-state index is 11.5. The van der Waals surface area contributed by atoms with Crippen LogP contribution < -0.4 is 5.32 Å². The van der Waals surface area contributed by atoms with Crippen LogP contribution in [0.2, 0.25) is 0 Å². The topological polar surface area (TPSA) is 90.0 Å². The summed E-state index contributed by atoms with van der Waals surface area (Å²) in [6, 6.07) is -0.680. The highest BCUT2D eigenvalue weighted by Crippen LogP contribution is 1.89. The zero-order valence-electron chi connectivity index (χ0n) is 9.77. The summed E-state index contributed by atoms with van der Waals surface area (Å²) in [6.45, 7) is -0.840. The second-order valence-corrected chi connectivity index (χ2v) is 3.40. The Hall–Kier alpha value is -2.23. The second-order valence-electron chi connectivity index (χ2n) is 3.40. The molecule has 0 rings (SSSR count). The monoisotopic (exact) mass is 241 g/mol. The van der Waals surface area contributed by atoms with Gasteiger partial charge in [-0.1, -0.05) is 5.92 Å². The van der Waals surface area contributed by atoms with Crippen LogP contribution in [-0.2, 0) is 9.59 Å². The largest absolute Gasteiger partial charge is 0.480 e. The minimum absolute atomic E-state index is 0.131. The number of terminal acetylenes is 1. The number of aliphatic carboxylic acids is 1. The number of nitrogens with zero attached hydrogens (tertiary/aromatic N) is 2. The van der Waals surface area contributed by atoms with E-state index in [2.05, 4.69) is 11.2 Å². The van der Waals surface area contributed by atoms with E-state index in [1.165, 1.54) is 4.90 Å². The molecule has 0 aromatic carbocycles. The van der Waals surface area contributed by atoms with Crippen LogP contribution in [-0.4, -0.2) is 66.5 Å². The fourth-order valence-corrected chi connectivity index (χ4v) is 0.894. The van der Waals surface area contributed by atoms with Crippen molar-refractivity contribution in [3.05, 3.63) is 0 Å². The van der Waals surface area contributed by atoms with Gasteiger partial charge in [-0.2, -0.15) is 0 Å². The average molecular weight is 241 g/mol. The van der Waals surface area contributed by atoms with Gasteiger partial charge in [0.1, 0.15) is 6.54 Å². The smallest absolute Gasteiger partial charge is 0.323 e. The lowest BCUT2D eigenvalue weighted by Crippen LogP contribution is -2.46. The molecule has 0 bridgehead atoms. The summed E-state index contributed by atoms with van der Waals surface area (Å²) in [4.78, 5) is 35.4. The molecule has 3 amide bonds. The van der Waals surface area contributed by atoms with Gasteiger partial charge in [0.25, 0.3) is 0 Å². The highest BCUT2D eigenvalue weighted by Gasteiger charge is 2.16. The third-order valence-corrected chi connectivity index (χ3v) is 1.79. The van der Waals surface area contributed by atoms with Crippen LogP contribution in [0, 0.1) is 12.3 Å². The van der Waals surface area contributed by atoms with E-state index >= 15 is 0 Å². The number of likely N-dealkylation sites (N-methyl/N-ethyl adjacent to an activating group) is 1. The minimum atomic E-state index is -1.17. The molecule has 0 aromatic heterocycles. The summed E-state index contributed by atoms with van der Waals surface area (Å²) in [6.07, 6.45) is 5.01. The molecule has 0 aliphatic carbocycles. The number of carboxylic acid groups (broad SMARTS) is 1. The Labute approximate surface area is 99.4 Å². The van der Waals surface area contributed by atoms with Crippen molar-refractivity contribution >= 4 is 17.9 Å². The maximum absolute atomic E-state index is 11.5. The van der Waals surface area contributed by atoms with Gasteiger partial charge in [0.05, 0.1) is 13.1 Å². The molecular formula is C10H15N3O4. The van der Waals surface area contributed by atoms with Gasteiger partial charge in [-0.05, 0) is 0 Å². The van der Waals surface area contributed by atoms with E-state index in [9.17, 15) is 14.4 Å². The molecule has 0 heterocycles. The highest BCUT2D eigenvalue weighted by atomic mass is 16.4. The zero-order valence-corrected chi connectivity index (χ0v) is 9.77. The Morgan fingerprint density at radius 1 is 1.35 bits per heavy atom. The lowest BCUT2D eigenvalue weighted by Gasteiger charge is -2.19. The summed E-state index contributed by atoms with van der Waals surface area (Å²) >= 11 is 0. The van der Waals surface area contributed by atoms with E-state index in [-0.39, 0.29) is 19.0 Å². The summed E-state index contributed by atoms with van der Waals surface area (Å²) in [7, 11) is 3.09. The summed E-state index contributed by atoms with van der Waals surface area (Å²) in [5.74, 6) is 0.702. The van der Waals surface area contributed by atoms with E-state index in [0.29, 0.717) is 0 Å². The van der Waals surface area contributed by atoms with Crippen molar-refractivity contribution in [1.29, 1.82) is 0 Å². The Kier molecular flexibility index (Phi) is 6.18. The zero-order chi connectivity index (χ0) is 13.4. The van der Waals surface area contributed by atoms with Crippen molar-refractivity contribution in [1.82, 2.24) is 15.1 Å². The molecule has 7 heteroatoms. The highest BCUT2D eigenvalue weighted by molar-refractivity contribution is 5.85. The molecule has 0 atom stereocenters. The van der Waals surface area contributed by atoms with Gasteiger partial charge < -0.3 is 20.2 Å². The molecule has 0 aliphatic rings. The van der Waals surface area contributed by atoms with Crippen molar-refractivity contribution in [2.75, 3.05) is 33.7 Å². The van der Waals surface area contributed by atoms with Crippen molar-refractivity contribution in [3.8, 4) is 12.3 Å². The van der Waals surface area contributed by atoms with Crippen LogP contribution in [0.1, 0.15) is 0 Å². The number of amides is 3. The van der Waals surface area contributed by atoms with Gasteiger partial charge >= 0.3 is 12.0 Å². The number of rotatable bonds is 5. The molecule has 0 spiro atoms. The van der Waals surface area contributed by atoms with E-state index in [4.69, 9.17) is 11.5 Å². The van der Waals surface area contributed by atoms with Crippen LogP contribution >= 0.6 is 0 Å². The number of carbonyl (C=O) groups is 3. The first-order chi connectivity index (χ1) is 7.88. The molecule has 0 fully saturated rings. The van der Waals surface area contributed by atoms with Crippen LogP contribution in [0.5, 0.6) is 0 Å². The number of hydrogen-bond acceptors (Lipinski definition) is 3. The quantitative estimate of drug-likeness (QED) is 0.592. The van der Waals surface area contributed by atoms with Gasteiger partial charge in [-0.25, -0.2) is 4.79 Å². The lowest BCUT2D eigenvalue weighted by molar-refractivity contribution is -0.137. The Morgan fingerprint density at radius 3 is 2.35 bits per heavy atom. The predicted octanol–water partition coefficient (Wildman–Crippen LogP) is -1.20. The van der Waals surface area contributed by atoms with E-state index in [1.807, 2.05) is 0 Å². The summed E-state index contributed by atoms with van der Waals surface area (Å²) < 4.78 is 0. The van der Waals surface area contributed by atoms with Crippen molar-refractivity contribution < 1.29 is 19.5 Å². The van der Waals surface area contributed by atoms with E-state index in [0.717, 1.165) is 4.90 Å². The third-order valence-electron chi connectivity index (χ3n) is 1.79. The number of carboxylic acids is 1. The summed E-state index contributed by atoms with van der Waals surface area (Å²) in [5, 5.41) is 10.9. The standard InChI is InChI=1S/C10H15N3O4/c1-4-5-13(7-9(15)16)10(17)11-6-8(14)12(2)3/h1H,5-7H2,2-3H3,(H,11,17)(H,15,16). The molecule has 2 N–H and O–H groups in total. The molecule has 0 saturated carbocycles. The Morgan fingerprint density at radius 2 is 1.94 bits per heavy atom. The average Bonchev–Trinajstić information content (AvgIpc) is 2.23. The maximum Gasteiger partial charge on any atom is 0.323 e. The number of carbonyl (C=O) groups excluding carboxylic acids is 2. The van der Waals surface area contributed by atoms with Crippen LogP contribution in [0.4, 0.5) is 4.79 Å². The molecule has 0 saturated heterocycles. The van der Waals surface area contributed by atoms with E-state index < -0.39 is 18.5 Å². The number of nitrogens with one attached hydrogen (secondary N) is 1. The first-order valence-electron chi connectivity index (χ1n) is 4.76. The summed E-state index contributed by atoms with van der Waals surface area (Å²) in [5.41, 5.74) is 0. The molecule has 0 aromatic rings. The molecule has 0 aliphatic heterocycles. The van der Waals surface area contributed by atoms with Gasteiger partial charge in [-0.15, -0.1) is 6.42 Å². The van der Waals surface area contributed by atoms with Crippen LogP contribution in [0.3, 0.4) is 0 Å². The number of hydrogen-bond donors (Lipinski definition) is 2. The molecule has 94 valence electrons. The molecule has 7 nitrogen and oxygen atoms in total. The van der Waals surface area contributed by atoms with Crippen LogP contribution in [0.15, 0.2) is 0 Å². The normalized spacial score (nSPS) is 9.00. The molecular weight excluding hydrogens is 226 g/mol. The first-order valence-corrected chi connectivity index (χ1v) is 4.76. The minimum Gasteiger partial charge on any atom is -0.480 e. The second kappa shape index (κ2) is 7.11. The van der Waals surface area contributed by atoms with Gasteiger partial charge in [0, 0.05) is 14.1 Å². The first kappa shape index (κ1) is 14.8. The van der Waals surface area contributed by atoms with Crippen molar-refractivity contribution in [2.45, 2.75) is 0 Å². The Balaban J connectivity index is 4.29. The van der Waals surface area contributed by atoms with Crippen LogP contribution in [0.25, 0.3) is 0 Å². The molecule has 0 radical (unpaired) electrons. The van der Waals surface area contributed by atoms with Gasteiger partial charge in [0.15, 0.2) is 0 Å². The van der Waals surface area contributed by atoms with Crippen molar-refractivity contribution in [3.63, 3.8) is 0 Å². The molecule has 0 unspecified atom stereocenters. The predicted molar refractivity (Wildman–Crippen MR) is 60.1 cm³/mol. The lowest BCUT2D eigenvalue weighted by atomic mass is 10.5. The Bertz CT molecular complexity index is 346.